The molecule has 6 nitrogen and oxygen atoms in total. The number of piperidine rings is 1. The van der Waals surface area contributed by atoms with Gasteiger partial charge in [0.15, 0.2) is 23.1 Å². The first-order chi connectivity index (χ1) is 14.6. The minimum Gasteiger partial charge on any atom is -0.486 e. The summed E-state index contributed by atoms with van der Waals surface area (Å²) in [6, 6.07) is 14.3. The van der Waals surface area contributed by atoms with Gasteiger partial charge < -0.3 is 14.4 Å². The molecule has 4 rings (SSSR count). The van der Waals surface area contributed by atoms with Gasteiger partial charge in [-0.1, -0.05) is 30.3 Å². The van der Waals surface area contributed by atoms with Crippen LogP contribution in [-0.4, -0.2) is 48.7 Å². The topological polar surface area (TPSA) is 72.9 Å². The summed E-state index contributed by atoms with van der Waals surface area (Å²) in [5.74, 6) is 1.21. The summed E-state index contributed by atoms with van der Waals surface area (Å²) in [6.45, 7) is 2.08. The van der Waals surface area contributed by atoms with E-state index in [4.69, 9.17) is 9.47 Å². The van der Waals surface area contributed by atoms with Crippen LogP contribution in [0.4, 0.5) is 0 Å². The van der Waals surface area contributed by atoms with E-state index in [0.717, 1.165) is 0 Å². The molecule has 0 aliphatic carbocycles. The van der Waals surface area contributed by atoms with E-state index in [1.165, 1.54) is 0 Å². The zero-order valence-corrected chi connectivity index (χ0v) is 16.8. The van der Waals surface area contributed by atoms with Crippen molar-refractivity contribution in [1.82, 2.24) is 4.90 Å². The van der Waals surface area contributed by atoms with E-state index in [1.807, 2.05) is 18.2 Å². The molecule has 2 aromatic rings. The molecule has 2 aliphatic rings. The van der Waals surface area contributed by atoms with Crippen molar-refractivity contribution in [2.75, 3.05) is 26.3 Å². The molecule has 0 spiro atoms. The first-order valence-corrected chi connectivity index (χ1v) is 10.4. The second-order valence-electron chi connectivity index (χ2n) is 7.67. The van der Waals surface area contributed by atoms with Crippen molar-refractivity contribution < 1.29 is 23.9 Å². The van der Waals surface area contributed by atoms with E-state index in [0.29, 0.717) is 61.8 Å². The summed E-state index contributed by atoms with van der Waals surface area (Å²) in [5, 5.41) is 0. The Balaban J connectivity index is 1.27. The van der Waals surface area contributed by atoms with Gasteiger partial charge in [0.1, 0.15) is 13.2 Å². The Kier molecular flexibility index (Phi) is 6.12. The highest BCUT2D eigenvalue weighted by atomic mass is 16.6. The molecule has 0 radical (unpaired) electrons. The largest absolute Gasteiger partial charge is 0.486 e. The predicted molar refractivity (Wildman–Crippen MR) is 111 cm³/mol. The van der Waals surface area contributed by atoms with Crippen molar-refractivity contribution >= 4 is 17.5 Å². The fourth-order valence-corrected chi connectivity index (χ4v) is 3.97. The molecular weight excluding hydrogens is 382 g/mol. The average molecular weight is 407 g/mol. The average Bonchev–Trinajstić information content (AvgIpc) is 2.82. The summed E-state index contributed by atoms with van der Waals surface area (Å²) in [6.07, 6.45) is 1.67. The summed E-state index contributed by atoms with van der Waals surface area (Å²) >= 11 is 0. The van der Waals surface area contributed by atoms with Crippen LogP contribution in [-0.2, 0) is 4.79 Å². The van der Waals surface area contributed by atoms with Gasteiger partial charge in [0.25, 0.3) is 0 Å². The van der Waals surface area contributed by atoms with Crippen LogP contribution in [0.25, 0.3) is 0 Å². The second kappa shape index (κ2) is 9.11. The number of amides is 1. The number of rotatable bonds is 6. The molecule has 0 saturated carbocycles. The van der Waals surface area contributed by atoms with Gasteiger partial charge in [-0.25, -0.2) is 0 Å². The molecule has 0 unspecified atom stereocenters. The third-order valence-corrected chi connectivity index (χ3v) is 5.71. The number of nitrogens with zero attached hydrogens (tertiary/aromatic N) is 1. The SMILES string of the molecule is O=C(CCC(=O)N1CCC(C(=O)c2ccc3c(c2)OCCO3)CC1)c1ccccc1. The minimum atomic E-state index is -0.109. The summed E-state index contributed by atoms with van der Waals surface area (Å²) in [7, 11) is 0. The number of hydrogen-bond acceptors (Lipinski definition) is 5. The lowest BCUT2D eigenvalue weighted by Gasteiger charge is -2.31. The van der Waals surface area contributed by atoms with E-state index in [-0.39, 0.29) is 36.2 Å². The fourth-order valence-electron chi connectivity index (χ4n) is 3.97. The molecular formula is C24H25NO5. The number of Topliss-reactive ketones (excluding diaryl/α,β-unsaturated/α-hetero) is 2. The van der Waals surface area contributed by atoms with Crippen molar-refractivity contribution in [2.24, 2.45) is 5.92 Å². The van der Waals surface area contributed by atoms with Gasteiger partial charge in [0.2, 0.25) is 5.91 Å². The van der Waals surface area contributed by atoms with Crippen LogP contribution in [0.5, 0.6) is 11.5 Å². The highest BCUT2D eigenvalue weighted by Gasteiger charge is 2.29. The van der Waals surface area contributed by atoms with Crippen LogP contribution in [0.3, 0.4) is 0 Å². The van der Waals surface area contributed by atoms with Crippen molar-refractivity contribution in [3.63, 3.8) is 0 Å². The predicted octanol–water partition coefficient (Wildman–Crippen LogP) is 3.54. The van der Waals surface area contributed by atoms with Crippen LogP contribution in [0.1, 0.15) is 46.4 Å². The number of likely N-dealkylation sites (tertiary alicyclic amines) is 1. The third kappa shape index (κ3) is 4.53. The molecule has 2 heterocycles. The third-order valence-electron chi connectivity index (χ3n) is 5.71. The first-order valence-electron chi connectivity index (χ1n) is 10.4. The van der Waals surface area contributed by atoms with Crippen LogP contribution in [0.15, 0.2) is 48.5 Å². The number of hydrogen-bond donors (Lipinski definition) is 0. The molecule has 156 valence electrons. The van der Waals surface area contributed by atoms with Crippen LogP contribution < -0.4 is 9.47 Å². The first kappa shape index (κ1) is 20.1. The lowest BCUT2D eigenvalue weighted by Crippen LogP contribution is -2.40. The van der Waals surface area contributed by atoms with Gasteiger partial charge in [0, 0.05) is 43.0 Å². The second-order valence-corrected chi connectivity index (χ2v) is 7.67. The van der Waals surface area contributed by atoms with Gasteiger partial charge in [0.05, 0.1) is 0 Å². The van der Waals surface area contributed by atoms with Crippen LogP contribution >= 0.6 is 0 Å². The van der Waals surface area contributed by atoms with E-state index in [1.54, 1.807) is 35.2 Å². The Labute approximate surface area is 175 Å². The molecule has 0 bridgehead atoms. The lowest BCUT2D eigenvalue weighted by atomic mass is 9.88. The minimum absolute atomic E-state index is 0.0207. The fraction of sp³-hybridized carbons (Fsp3) is 0.375. The van der Waals surface area contributed by atoms with Crippen molar-refractivity contribution in [3.8, 4) is 11.5 Å². The van der Waals surface area contributed by atoms with Gasteiger partial charge in [-0.05, 0) is 31.0 Å². The highest BCUT2D eigenvalue weighted by molar-refractivity contribution is 5.99. The number of fused-ring (bicyclic) bond motifs is 1. The maximum Gasteiger partial charge on any atom is 0.223 e. The van der Waals surface area contributed by atoms with Gasteiger partial charge in [-0.3, -0.25) is 14.4 Å². The molecule has 0 atom stereocenters. The number of benzene rings is 2. The van der Waals surface area contributed by atoms with Crippen LogP contribution in [0, 0.1) is 5.92 Å². The monoisotopic (exact) mass is 407 g/mol. The quantitative estimate of drug-likeness (QED) is 0.685. The Morgan fingerprint density at radius 3 is 2.27 bits per heavy atom. The zero-order valence-electron chi connectivity index (χ0n) is 16.8. The Bertz CT molecular complexity index is 932. The van der Waals surface area contributed by atoms with E-state index >= 15 is 0 Å². The summed E-state index contributed by atoms with van der Waals surface area (Å²) in [5.41, 5.74) is 1.26. The molecule has 1 saturated heterocycles. The Hall–Kier alpha value is -3.15. The number of ketones is 2. The maximum atomic E-state index is 12.9. The Morgan fingerprint density at radius 2 is 1.53 bits per heavy atom. The molecule has 30 heavy (non-hydrogen) atoms. The molecule has 0 aromatic heterocycles. The standard InChI is InChI=1S/C24H25NO5/c26-20(17-4-2-1-3-5-17)7-9-23(27)25-12-10-18(11-13-25)24(28)19-6-8-21-22(16-19)30-15-14-29-21/h1-6,8,16,18H,7,9-15H2. The summed E-state index contributed by atoms with van der Waals surface area (Å²) < 4.78 is 11.1. The molecule has 1 amide bonds. The smallest absolute Gasteiger partial charge is 0.223 e. The van der Waals surface area contributed by atoms with Crippen molar-refractivity contribution in [1.29, 1.82) is 0 Å². The molecule has 2 aromatic carbocycles. The Morgan fingerprint density at radius 1 is 0.833 bits per heavy atom. The van der Waals surface area contributed by atoms with Crippen molar-refractivity contribution in [3.05, 3.63) is 59.7 Å². The molecule has 2 aliphatic heterocycles. The molecule has 0 N–H and O–H groups in total. The van der Waals surface area contributed by atoms with E-state index < -0.39 is 0 Å². The highest BCUT2D eigenvalue weighted by Crippen LogP contribution is 2.32. The number of carbonyl (C=O) groups excluding carboxylic acids is 3. The lowest BCUT2D eigenvalue weighted by molar-refractivity contribution is -0.132. The van der Waals surface area contributed by atoms with Gasteiger partial charge in [-0.15, -0.1) is 0 Å². The van der Waals surface area contributed by atoms with Crippen LogP contribution in [0.2, 0.25) is 0 Å². The van der Waals surface area contributed by atoms with Gasteiger partial charge >= 0.3 is 0 Å². The normalized spacial score (nSPS) is 16.2. The number of carbonyl (C=O) groups is 3. The van der Waals surface area contributed by atoms with Crippen molar-refractivity contribution in [2.45, 2.75) is 25.7 Å². The van der Waals surface area contributed by atoms with E-state index in [9.17, 15) is 14.4 Å². The maximum absolute atomic E-state index is 12.9. The molecule has 6 heteroatoms. The zero-order chi connectivity index (χ0) is 20.9. The van der Waals surface area contributed by atoms with E-state index in [2.05, 4.69) is 0 Å². The number of ether oxygens (including phenoxy) is 2. The molecule has 1 fully saturated rings. The summed E-state index contributed by atoms with van der Waals surface area (Å²) in [4.78, 5) is 39.4. The van der Waals surface area contributed by atoms with Gasteiger partial charge in [-0.2, -0.15) is 0 Å².